The Bertz CT molecular complexity index is 788. The summed E-state index contributed by atoms with van der Waals surface area (Å²) < 4.78 is 16.9. The number of carbonyl (C=O) groups is 1. The number of benzene rings is 2. The molecule has 148 valence electrons. The number of amides is 1. The van der Waals surface area contributed by atoms with Gasteiger partial charge < -0.3 is 24.8 Å². The van der Waals surface area contributed by atoms with Crippen molar-refractivity contribution in [2.24, 2.45) is 0 Å². The van der Waals surface area contributed by atoms with E-state index in [1.54, 1.807) is 12.1 Å². The summed E-state index contributed by atoms with van der Waals surface area (Å²) in [6.45, 7) is 5.48. The summed E-state index contributed by atoms with van der Waals surface area (Å²) in [5.41, 5.74) is 1.45. The zero-order valence-electron chi connectivity index (χ0n) is 15.9. The Morgan fingerprint density at radius 2 is 2.11 bits per heavy atom. The molecule has 1 atom stereocenters. The molecular formula is C22H26N2O4. The van der Waals surface area contributed by atoms with Crippen LogP contribution in [-0.4, -0.2) is 38.4 Å². The van der Waals surface area contributed by atoms with Crippen molar-refractivity contribution in [1.29, 1.82) is 0 Å². The number of rotatable bonds is 10. The number of carbonyl (C=O) groups excluding carboxylic acids is 1. The molecule has 6 heteroatoms. The normalized spacial score (nSPS) is 15.6. The Kier molecular flexibility index (Phi) is 7.32. The van der Waals surface area contributed by atoms with Gasteiger partial charge in [0.2, 0.25) is 5.91 Å². The summed E-state index contributed by atoms with van der Waals surface area (Å²) in [4.78, 5) is 12.3. The maximum atomic E-state index is 12.3. The second kappa shape index (κ2) is 10.4. The van der Waals surface area contributed by atoms with Crippen molar-refractivity contribution in [2.75, 3.05) is 37.0 Å². The topological polar surface area (TPSA) is 68.8 Å². The highest BCUT2D eigenvalue weighted by Crippen LogP contribution is 2.25. The predicted molar refractivity (Wildman–Crippen MR) is 110 cm³/mol. The summed E-state index contributed by atoms with van der Waals surface area (Å²) in [7, 11) is 0. The molecule has 1 unspecified atom stereocenters. The fraction of sp³-hybridized carbons (Fsp3) is 0.318. The van der Waals surface area contributed by atoms with Gasteiger partial charge in [0.15, 0.2) is 0 Å². The molecule has 3 rings (SSSR count). The van der Waals surface area contributed by atoms with Crippen LogP contribution in [0.1, 0.15) is 12.8 Å². The average molecular weight is 382 g/mol. The van der Waals surface area contributed by atoms with Gasteiger partial charge in [-0.2, -0.15) is 0 Å². The van der Waals surface area contributed by atoms with Crippen molar-refractivity contribution in [3.8, 4) is 11.5 Å². The van der Waals surface area contributed by atoms with Gasteiger partial charge in [0.05, 0.1) is 18.3 Å². The van der Waals surface area contributed by atoms with Crippen LogP contribution in [0.25, 0.3) is 0 Å². The molecule has 1 amide bonds. The van der Waals surface area contributed by atoms with Gasteiger partial charge in [-0.1, -0.05) is 30.9 Å². The van der Waals surface area contributed by atoms with Crippen LogP contribution < -0.4 is 20.1 Å². The van der Waals surface area contributed by atoms with E-state index >= 15 is 0 Å². The minimum Gasteiger partial charge on any atom is -0.489 e. The lowest BCUT2D eigenvalue weighted by Gasteiger charge is -2.15. The zero-order valence-corrected chi connectivity index (χ0v) is 15.9. The number of hydrogen-bond donors (Lipinski definition) is 2. The maximum absolute atomic E-state index is 12.3. The van der Waals surface area contributed by atoms with Crippen LogP contribution >= 0.6 is 0 Å². The molecule has 28 heavy (non-hydrogen) atoms. The van der Waals surface area contributed by atoms with Crippen molar-refractivity contribution < 1.29 is 19.0 Å². The summed E-state index contributed by atoms with van der Waals surface area (Å²) in [5.74, 6) is 1.24. The molecule has 1 aliphatic rings. The van der Waals surface area contributed by atoms with E-state index in [2.05, 4.69) is 17.2 Å². The molecule has 1 saturated heterocycles. The van der Waals surface area contributed by atoms with Crippen LogP contribution in [0.2, 0.25) is 0 Å². The summed E-state index contributed by atoms with van der Waals surface area (Å²) in [6, 6.07) is 14.8. The molecule has 2 aromatic carbocycles. The maximum Gasteiger partial charge on any atom is 0.243 e. The van der Waals surface area contributed by atoms with Gasteiger partial charge in [-0.3, -0.25) is 4.79 Å². The fourth-order valence-electron chi connectivity index (χ4n) is 2.90. The smallest absolute Gasteiger partial charge is 0.243 e. The number of ether oxygens (including phenoxy) is 3. The fourth-order valence-corrected chi connectivity index (χ4v) is 2.90. The van der Waals surface area contributed by atoms with E-state index in [-0.39, 0.29) is 18.6 Å². The summed E-state index contributed by atoms with van der Waals surface area (Å²) in [6.07, 6.45) is 3.92. The Morgan fingerprint density at radius 1 is 1.21 bits per heavy atom. The number of anilines is 2. The van der Waals surface area contributed by atoms with Crippen LogP contribution in [0.15, 0.2) is 61.2 Å². The molecule has 6 nitrogen and oxygen atoms in total. The standard InChI is InChI=1S/C22H26N2O4/c1-2-12-26-18-8-5-7-17(14-18)24-22(25)15-23-20-10-3-4-11-21(20)28-16-19-9-6-13-27-19/h2-5,7-8,10-11,14,19,23H,1,6,9,12-13,15-16H2,(H,24,25). The molecule has 0 aromatic heterocycles. The van der Waals surface area contributed by atoms with Crippen molar-refractivity contribution in [3.05, 3.63) is 61.2 Å². The average Bonchev–Trinajstić information content (AvgIpc) is 3.24. The zero-order chi connectivity index (χ0) is 19.6. The Hall–Kier alpha value is -2.99. The minimum atomic E-state index is -0.158. The SMILES string of the molecule is C=CCOc1cccc(NC(=O)CNc2ccccc2OCC2CCCO2)c1. The van der Waals surface area contributed by atoms with Crippen molar-refractivity contribution in [2.45, 2.75) is 18.9 Å². The molecule has 2 N–H and O–H groups in total. The number of hydrogen-bond acceptors (Lipinski definition) is 5. The molecule has 1 heterocycles. The van der Waals surface area contributed by atoms with E-state index in [9.17, 15) is 4.79 Å². The first kappa shape index (κ1) is 19.8. The first-order valence-electron chi connectivity index (χ1n) is 9.45. The van der Waals surface area contributed by atoms with Crippen LogP contribution in [0.3, 0.4) is 0 Å². The van der Waals surface area contributed by atoms with E-state index < -0.39 is 0 Å². The predicted octanol–water partition coefficient (Wildman–Crippen LogP) is 3.86. The van der Waals surface area contributed by atoms with Crippen LogP contribution in [0.5, 0.6) is 11.5 Å². The van der Waals surface area contributed by atoms with Crippen molar-refractivity contribution in [3.63, 3.8) is 0 Å². The van der Waals surface area contributed by atoms with E-state index in [1.807, 2.05) is 42.5 Å². The van der Waals surface area contributed by atoms with E-state index in [1.165, 1.54) is 0 Å². The molecule has 1 aliphatic heterocycles. The van der Waals surface area contributed by atoms with Crippen LogP contribution in [0, 0.1) is 0 Å². The highest BCUT2D eigenvalue weighted by atomic mass is 16.5. The third-order valence-corrected chi connectivity index (χ3v) is 4.26. The Labute approximate surface area is 165 Å². The molecule has 0 saturated carbocycles. The molecule has 0 aliphatic carbocycles. The summed E-state index contributed by atoms with van der Waals surface area (Å²) in [5, 5.41) is 5.99. The second-order valence-corrected chi connectivity index (χ2v) is 6.47. The third-order valence-electron chi connectivity index (χ3n) is 4.26. The molecule has 0 bridgehead atoms. The largest absolute Gasteiger partial charge is 0.489 e. The highest BCUT2D eigenvalue weighted by Gasteiger charge is 2.16. The Morgan fingerprint density at radius 3 is 2.93 bits per heavy atom. The van der Waals surface area contributed by atoms with Gasteiger partial charge in [0.1, 0.15) is 24.7 Å². The summed E-state index contributed by atoms with van der Waals surface area (Å²) >= 11 is 0. The molecule has 0 spiro atoms. The molecular weight excluding hydrogens is 356 g/mol. The second-order valence-electron chi connectivity index (χ2n) is 6.47. The first-order valence-corrected chi connectivity index (χ1v) is 9.45. The van der Waals surface area contributed by atoms with E-state index in [0.29, 0.717) is 30.4 Å². The van der Waals surface area contributed by atoms with E-state index in [0.717, 1.165) is 25.1 Å². The van der Waals surface area contributed by atoms with Crippen LogP contribution in [0.4, 0.5) is 11.4 Å². The van der Waals surface area contributed by atoms with Gasteiger partial charge >= 0.3 is 0 Å². The lowest BCUT2D eigenvalue weighted by Crippen LogP contribution is -2.22. The number of nitrogens with one attached hydrogen (secondary N) is 2. The molecule has 2 aromatic rings. The lowest BCUT2D eigenvalue weighted by molar-refractivity contribution is -0.114. The first-order chi connectivity index (χ1) is 13.7. The quantitative estimate of drug-likeness (QED) is 0.611. The molecule has 1 fully saturated rings. The third kappa shape index (κ3) is 6.03. The minimum absolute atomic E-state index is 0.123. The van der Waals surface area contributed by atoms with Gasteiger partial charge in [0, 0.05) is 18.4 Å². The van der Waals surface area contributed by atoms with E-state index in [4.69, 9.17) is 14.2 Å². The van der Waals surface area contributed by atoms with Gasteiger partial charge in [0.25, 0.3) is 0 Å². The van der Waals surface area contributed by atoms with Gasteiger partial charge in [-0.15, -0.1) is 0 Å². The van der Waals surface area contributed by atoms with Crippen molar-refractivity contribution in [1.82, 2.24) is 0 Å². The Balaban J connectivity index is 1.51. The number of para-hydroxylation sites is 2. The van der Waals surface area contributed by atoms with Gasteiger partial charge in [-0.05, 0) is 37.1 Å². The highest BCUT2D eigenvalue weighted by molar-refractivity contribution is 5.94. The molecule has 0 radical (unpaired) electrons. The van der Waals surface area contributed by atoms with Gasteiger partial charge in [-0.25, -0.2) is 0 Å². The van der Waals surface area contributed by atoms with Crippen LogP contribution in [-0.2, 0) is 9.53 Å². The lowest BCUT2D eigenvalue weighted by atomic mass is 10.2. The van der Waals surface area contributed by atoms with Crippen molar-refractivity contribution >= 4 is 17.3 Å². The monoisotopic (exact) mass is 382 g/mol.